The summed E-state index contributed by atoms with van der Waals surface area (Å²) in [5.41, 5.74) is -2.20. The monoisotopic (exact) mass is 383 g/mol. The first kappa shape index (κ1) is 17.6. The number of nitriles is 1. The van der Waals surface area contributed by atoms with Crippen molar-refractivity contribution in [3.63, 3.8) is 0 Å². The van der Waals surface area contributed by atoms with E-state index in [-0.39, 0.29) is 5.71 Å². The summed E-state index contributed by atoms with van der Waals surface area (Å²) in [6.45, 7) is 5.46. The summed E-state index contributed by atoms with van der Waals surface area (Å²) in [6, 6.07) is 9.35. The number of ether oxygens (including phenoxy) is 1. The summed E-state index contributed by atoms with van der Waals surface area (Å²) in [7, 11) is 0. The van der Waals surface area contributed by atoms with Crippen LogP contribution in [0.25, 0.3) is 10.2 Å². The van der Waals surface area contributed by atoms with Crippen molar-refractivity contribution in [3.8, 4) is 6.07 Å². The third kappa shape index (κ3) is 2.18. The number of rotatable bonds is 3. The molecule has 1 saturated carbocycles. The largest absolute Gasteiger partial charge is 0.446 e. The van der Waals surface area contributed by atoms with E-state index in [9.17, 15) is 14.9 Å². The Morgan fingerprint density at radius 3 is 2.67 bits per heavy atom. The number of esters is 1. The van der Waals surface area contributed by atoms with Crippen molar-refractivity contribution in [2.24, 2.45) is 16.0 Å². The summed E-state index contributed by atoms with van der Waals surface area (Å²) in [6.07, 6.45) is 0.917. The molecule has 2 bridgehead atoms. The highest BCUT2D eigenvalue weighted by Crippen LogP contribution is 2.65. The van der Waals surface area contributed by atoms with E-state index in [2.05, 4.69) is 10.1 Å². The SMILES string of the molecule is CC1(C)[C@@]2(C)CC[C@@]1(C(=O)O/N=C(/C#N)c1nc3ccccc3s1)OC2=O. The van der Waals surface area contributed by atoms with E-state index in [0.717, 1.165) is 10.2 Å². The van der Waals surface area contributed by atoms with E-state index < -0.39 is 28.4 Å². The van der Waals surface area contributed by atoms with E-state index in [1.165, 1.54) is 11.3 Å². The van der Waals surface area contributed by atoms with Gasteiger partial charge in [0.15, 0.2) is 5.01 Å². The van der Waals surface area contributed by atoms with Crippen molar-refractivity contribution in [1.82, 2.24) is 4.98 Å². The molecule has 4 rings (SSSR count). The lowest BCUT2D eigenvalue weighted by molar-refractivity contribution is -0.183. The van der Waals surface area contributed by atoms with Gasteiger partial charge < -0.3 is 9.57 Å². The van der Waals surface area contributed by atoms with Gasteiger partial charge in [-0.15, -0.1) is 11.3 Å². The van der Waals surface area contributed by atoms with Crippen LogP contribution < -0.4 is 0 Å². The first-order valence-electron chi connectivity index (χ1n) is 8.54. The Labute approximate surface area is 159 Å². The number of para-hydroxylation sites is 1. The van der Waals surface area contributed by atoms with Gasteiger partial charge in [-0.2, -0.15) is 5.26 Å². The molecule has 0 spiro atoms. The number of fused-ring (bicyclic) bond motifs is 3. The van der Waals surface area contributed by atoms with Gasteiger partial charge in [0.25, 0.3) is 0 Å². The van der Waals surface area contributed by atoms with Crippen LogP contribution in [0.5, 0.6) is 0 Å². The second kappa shape index (κ2) is 5.60. The van der Waals surface area contributed by atoms with Gasteiger partial charge in [-0.05, 0) is 31.9 Å². The number of thiazole rings is 1. The van der Waals surface area contributed by atoms with Gasteiger partial charge in [-0.1, -0.05) is 31.1 Å². The molecule has 2 atom stereocenters. The Balaban J connectivity index is 1.63. The Morgan fingerprint density at radius 1 is 1.33 bits per heavy atom. The van der Waals surface area contributed by atoms with E-state index in [0.29, 0.717) is 17.8 Å². The fourth-order valence-electron chi connectivity index (χ4n) is 3.94. The molecule has 27 heavy (non-hydrogen) atoms. The maximum absolute atomic E-state index is 12.8. The number of carbonyl (C=O) groups is 2. The highest BCUT2D eigenvalue weighted by Gasteiger charge is 2.76. The van der Waals surface area contributed by atoms with Crippen molar-refractivity contribution < 1.29 is 19.2 Å². The molecular formula is C19H17N3O4S. The molecule has 2 heterocycles. The molecule has 1 aromatic heterocycles. The van der Waals surface area contributed by atoms with Crippen LogP contribution in [0.1, 0.15) is 38.6 Å². The Kier molecular flexibility index (Phi) is 3.65. The lowest BCUT2D eigenvalue weighted by atomic mass is 9.66. The number of benzene rings is 1. The normalized spacial score (nSPS) is 28.8. The van der Waals surface area contributed by atoms with Gasteiger partial charge >= 0.3 is 11.9 Å². The van der Waals surface area contributed by atoms with E-state index in [1.54, 1.807) is 0 Å². The summed E-state index contributed by atoms with van der Waals surface area (Å²) < 4.78 is 6.37. The minimum absolute atomic E-state index is 0.0937. The van der Waals surface area contributed by atoms with Crippen LogP contribution >= 0.6 is 11.3 Å². The van der Waals surface area contributed by atoms with Crippen molar-refractivity contribution in [3.05, 3.63) is 29.3 Å². The van der Waals surface area contributed by atoms with Gasteiger partial charge in [0.1, 0.15) is 6.07 Å². The molecule has 1 aliphatic carbocycles. The first-order valence-corrected chi connectivity index (χ1v) is 9.36. The van der Waals surface area contributed by atoms with Gasteiger partial charge in [0.2, 0.25) is 11.3 Å². The molecule has 0 amide bonds. The third-order valence-electron chi connectivity index (χ3n) is 6.24. The second-order valence-corrected chi connectivity index (χ2v) is 8.62. The van der Waals surface area contributed by atoms with Crippen LogP contribution in [0.4, 0.5) is 0 Å². The van der Waals surface area contributed by atoms with E-state index in [4.69, 9.17) is 9.57 Å². The Bertz CT molecular complexity index is 1020. The number of nitrogens with zero attached hydrogens (tertiary/aromatic N) is 3. The van der Waals surface area contributed by atoms with Crippen LogP contribution in [0.15, 0.2) is 29.4 Å². The van der Waals surface area contributed by atoms with E-state index >= 15 is 0 Å². The molecule has 2 fully saturated rings. The molecular weight excluding hydrogens is 366 g/mol. The lowest BCUT2D eigenvalue weighted by Gasteiger charge is -2.33. The lowest BCUT2D eigenvalue weighted by Crippen LogP contribution is -2.48. The highest BCUT2D eigenvalue weighted by atomic mass is 32.1. The zero-order valence-electron chi connectivity index (χ0n) is 15.1. The standard InChI is InChI=1S/C19H17N3O4S/c1-17(2)18(3)8-9-19(17,25-15(18)23)16(24)26-22-12(10-20)14-21-11-6-4-5-7-13(11)27-14/h4-7H,8-9H2,1-3H3/b22-12-/t18-,19-/m0/s1. The van der Waals surface area contributed by atoms with Gasteiger partial charge in [0, 0.05) is 5.41 Å². The Hall–Kier alpha value is -2.79. The quantitative estimate of drug-likeness (QED) is 0.349. The summed E-state index contributed by atoms with van der Waals surface area (Å²) in [4.78, 5) is 34.5. The van der Waals surface area contributed by atoms with Gasteiger partial charge in [-0.25, -0.2) is 9.78 Å². The fourth-order valence-corrected chi connectivity index (χ4v) is 4.84. The first-order chi connectivity index (χ1) is 12.7. The predicted octanol–water partition coefficient (Wildman–Crippen LogP) is 3.19. The fraction of sp³-hybridized carbons (Fsp3) is 0.421. The maximum atomic E-state index is 12.8. The number of hydrogen-bond acceptors (Lipinski definition) is 8. The molecule has 8 heteroatoms. The molecule has 7 nitrogen and oxygen atoms in total. The topological polar surface area (TPSA) is 102 Å². The van der Waals surface area contributed by atoms with Crippen LogP contribution in [0, 0.1) is 22.2 Å². The third-order valence-corrected chi connectivity index (χ3v) is 7.28. The van der Waals surface area contributed by atoms with Gasteiger partial charge in [0.05, 0.1) is 15.6 Å². The molecule has 0 N–H and O–H groups in total. The second-order valence-electron chi connectivity index (χ2n) is 7.59. The van der Waals surface area contributed by atoms with Crippen molar-refractivity contribution in [2.45, 2.75) is 39.2 Å². The molecule has 2 aliphatic rings. The zero-order chi connectivity index (χ0) is 19.4. The molecule has 0 radical (unpaired) electrons. The maximum Gasteiger partial charge on any atom is 0.378 e. The minimum Gasteiger partial charge on any atom is -0.446 e. The smallest absolute Gasteiger partial charge is 0.378 e. The van der Waals surface area contributed by atoms with E-state index in [1.807, 2.05) is 51.1 Å². The zero-order valence-corrected chi connectivity index (χ0v) is 15.9. The molecule has 0 unspecified atom stereocenters. The summed E-state index contributed by atoms with van der Waals surface area (Å²) in [5, 5.41) is 13.5. The number of hydrogen-bond donors (Lipinski definition) is 0. The van der Waals surface area contributed by atoms with Crippen LogP contribution in [-0.4, -0.2) is 28.2 Å². The van der Waals surface area contributed by atoms with Crippen molar-refractivity contribution in [2.75, 3.05) is 0 Å². The minimum atomic E-state index is -1.38. The average Bonchev–Trinajstić information content (AvgIpc) is 3.20. The molecule has 1 aromatic carbocycles. The molecule has 138 valence electrons. The molecule has 1 saturated heterocycles. The summed E-state index contributed by atoms with van der Waals surface area (Å²) >= 11 is 1.29. The molecule has 2 aromatic rings. The summed E-state index contributed by atoms with van der Waals surface area (Å²) in [5.74, 6) is -1.15. The molecule has 1 aliphatic heterocycles. The number of aromatic nitrogens is 1. The number of carbonyl (C=O) groups excluding carboxylic acids is 2. The van der Waals surface area contributed by atoms with Crippen LogP contribution in [0.3, 0.4) is 0 Å². The van der Waals surface area contributed by atoms with Crippen molar-refractivity contribution in [1.29, 1.82) is 5.26 Å². The van der Waals surface area contributed by atoms with Crippen LogP contribution in [-0.2, 0) is 19.2 Å². The van der Waals surface area contributed by atoms with Gasteiger partial charge in [-0.3, -0.25) is 4.79 Å². The number of oxime groups is 1. The predicted molar refractivity (Wildman–Crippen MR) is 97.8 cm³/mol. The van der Waals surface area contributed by atoms with Crippen molar-refractivity contribution >= 4 is 39.2 Å². The Morgan fingerprint density at radius 2 is 2.07 bits per heavy atom. The average molecular weight is 383 g/mol. The van der Waals surface area contributed by atoms with Crippen LogP contribution in [0.2, 0.25) is 0 Å². The highest BCUT2D eigenvalue weighted by molar-refractivity contribution is 7.20.